The lowest BCUT2D eigenvalue weighted by Crippen LogP contribution is -2.05. The minimum atomic E-state index is -4.39. The van der Waals surface area contributed by atoms with Crippen LogP contribution in [0.15, 0.2) is 39.1 Å². The zero-order valence-corrected chi connectivity index (χ0v) is 13.2. The average molecular weight is 379 g/mol. The molecule has 0 aliphatic rings. The van der Waals surface area contributed by atoms with Gasteiger partial charge in [0.15, 0.2) is 0 Å². The summed E-state index contributed by atoms with van der Waals surface area (Å²) in [6, 6.07) is 2.31. The van der Waals surface area contributed by atoms with Crippen molar-refractivity contribution in [1.29, 1.82) is 0 Å². The van der Waals surface area contributed by atoms with E-state index in [4.69, 9.17) is 0 Å². The van der Waals surface area contributed by atoms with Crippen LogP contribution in [-0.2, 0) is 6.18 Å². The van der Waals surface area contributed by atoms with Crippen molar-refractivity contribution in [1.82, 2.24) is 15.0 Å². The molecule has 0 unspecified atom stereocenters. The van der Waals surface area contributed by atoms with Gasteiger partial charge in [0.1, 0.15) is 10.1 Å². The summed E-state index contributed by atoms with van der Waals surface area (Å²) in [5, 5.41) is 3.96. The molecule has 0 aliphatic carbocycles. The standard InChI is InChI=1S/C12H10BrF3N4S/c1-2-17-11-19-6-8(13)10(20-11)21-9-4-3-7(5-18-9)12(14,15)16/h3-6H,2H2,1H3,(H,17,19,20). The molecule has 0 spiro atoms. The molecule has 2 aromatic heterocycles. The average Bonchev–Trinajstić information content (AvgIpc) is 2.42. The number of anilines is 1. The van der Waals surface area contributed by atoms with Gasteiger partial charge in [0.25, 0.3) is 0 Å². The van der Waals surface area contributed by atoms with Gasteiger partial charge in [-0.15, -0.1) is 0 Å². The molecule has 4 nitrogen and oxygen atoms in total. The first-order valence-electron chi connectivity index (χ1n) is 5.87. The normalized spacial score (nSPS) is 11.5. The zero-order valence-electron chi connectivity index (χ0n) is 10.8. The highest BCUT2D eigenvalue weighted by Crippen LogP contribution is 2.33. The van der Waals surface area contributed by atoms with Gasteiger partial charge in [-0.1, -0.05) is 0 Å². The van der Waals surface area contributed by atoms with E-state index < -0.39 is 11.7 Å². The molecule has 2 aromatic rings. The van der Waals surface area contributed by atoms with Gasteiger partial charge >= 0.3 is 6.18 Å². The van der Waals surface area contributed by atoms with Crippen LogP contribution in [0.3, 0.4) is 0 Å². The third kappa shape index (κ3) is 4.31. The van der Waals surface area contributed by atoms with Crippen LogP contribution in [0.2, 0.25) is 0 Å². The molecule has 21 heavy (non-hydrogen) atoms. The van der Waals surface area contributed by atoms with E-state index in [1.165, 1.54) is 6.07 Å². The number of aromatic nitrogens is 3. The largest absolute Gasteiger partial charge is 0.417 e. The Morgan fingerprint density at radius 2 is 2.00 bits per heavy atom. The van der Waals surface area contributed by atoms with Crippen molar-refractivity contribution >= 4 is 33.6 Å². The third-order valence-electron chi connectivity index (χ3n) is 2.31. The van der Waals surface area contributed by atoms with Crippen LogP contribution in [0.1, 0.15) is 12.5 Å². The van der Waals surface area contributed by atoms with Crippen LogP contribution in [0.4, 0.5) is 19.1 Å². The number of rotatable bonds is 4. The molecule has 2 heterocycles. The molecule has 0 aliphatic heterocycles. The van der Waals surface area contributed by atoms with Gasteiger partial charge in [-0.2, -0.15) is 13.2 Å². The van der Waals surface area contributed by atoms with Crippen molar-refractivity contribution in [2.24, 2.45) is 0 Å². The lowest BCUT2D eigenvalue weighted by atomic mass is 10.3. The topological polar surface area (TPSA) is 50.7 Å². The Morgan fingerprint density at radius 3 is 2.57 bits per heavy atom. The number of nitrogens with zero attached hydrogens (tertiary/aromatic N) is 3. The molecule has 0 amide bonds. The molecule has 112 valence electrons. The molecule has 0 aromatic carbocycles. The van der Waals surface area contributed by atoms with Gasteiger partial charge in [-0.3, -0.25) is 0 Å². The van der Waals surface area contributed by atoms with E-state index >= 15 is 0 Å². The molecule has 0 atom stereocenters. The van der Waals surface area contributed by atoms with Crippen LogP contribution in [0, 0.1) is 0 Å². The monoisotopic (exact) mass is 378 g/mol. The highest BCUT2D eigenvalue weighted by Gasteiger charge is 2.30. The first-order valence-corrected chi connectivity index (χ1v) is 7.48. The number of pyridine rings is 1. The molecular formula is C12H10BrF3N4S. The minimum absolute atomic E-state index is 0.421. The molecule has 0 bridgehead atoms. The van der Waals surface area contributed by atoms with E-state index in [1.807, 2.05) is 6.92 Å². The molecule has 9 heteroatoms. The van der Waals surface area contributed by atoms with E-state index in [2.05, 4.69) is 36.2 Å². The van der Waals surface area contributed by atoms with Crippen molar-refractivity contribution in [3.63, 3.8) is 0 Å². The summed E-state index contributed by atoms with van der Waals surface area (Å²) in [5.41, 5.74) is -0.776. The SMILES string of the molecule is CCNc1ncc(Br)c(Sc2ccc(C(F)(F)F)cn2)n1. The predicted molar refractivity (Wildman–Crippen MR) is 77.3 cm³/mol. The van der Waals surface area contributed by atoms with Crippen molar-refractivity contribution in [2.45, 2.75) is 23.2 Å². The van der Waals surface area contributed by atoms with Crippen molar-refractivity contribution in [3.8, 4) is 0 Å². The van der Waals surface area contributed by atoms with Gasteiger partial charge in [0.2, 0.25) is 5.95 Å². The summed E-state index contributed by atoms with van der Waals surface area (Å²) in [6.45, 7) is 2.58. The zero-order chi connectivity index (χ0) is 15.5. The predicted octanol–water partition coefficient (Wildman–Crippen LogP) is 4.24. The van der Waals surface area contributed by atoms with Gasteiger partial charge in [0.05, 0.1) is 10.0 Å². The number of nitrogens with one attached hydrogen (secondary N) is 1. The Balaban J connectivity index is 2.20. The Kier molecular flexibility index (Phi) is 5.04. The molecule has 0 radical (unpaired) electrons. The second-order valence-corrected chi connectivity index (χ2v) is 5.73. The van der Waals surface area contributed by atoms with Crippen molar-refractivity contribution in [3.05, 3.63) is 34.6 Å². The Hall–Kier alpha value is -1.35. The van der Waals surface area contributed by atoms with E-state index in [0.717, 1.165) is 24.0 Å². The van der Waals surface area contributed by atoms with Crippen LogP contribution in [0.25, 0.3) is 0 Å². The Labute approximate surface area is 131 Å². The molecule has 0 fully saturated rings. The Bertz CT molecular complexity index is 619. The van der Waals surface area contributed by atoms with Gasteiger partial charge in [-0.25, -0.2) is 15.0 Å². The van der Waals surface area contributed by atoms with Crippen molar-refractivity contribution in [2.75, 3.05) is 11.9 Å². The van der Waals surface area contributed by atoms with Crippen LogP contribution >= 0.6 is 27.7 Å². The highest BCUT2D eigenvalue weighted by molar-refractivity contribution is 9.10. The fourth-order valence-corrected chi connectivity index (χ4v) is 2.53. The van der Waals surface area contributed by atoms with Crippen LogP contribution in [0.5, 0.6) is 0 Å². The van der Waals surface area contributed by atoms with Crippen LogP contribution in [-0.4, -0.2) is 21.5 Å². The molecule has 0 saturated carbocycles. The summed E-state index contributed by atoms with van der Waals surface area (Å²) >= 11 is 4.46. The number of halogens is 4. The first kappa shape index (κ1) is 16.0. The number of alkyl halides is 3. The fraction of sp³-hybridized carbons (Fsp3) is 0.250. The van der Waals surface area contributed by atoms with E-state index in [-0.39, 0.29) is 0 Å². The molecule has 2 rings (SSSR count). The lowest BCUT2D eigenvalue weighted by molar-refractivity contribution is -0.137. The summed E-state index contributed by atoms with van der Waals surface area (Å²) in [7, 11) is 0. The maximum absolute atomic E-state index is 12.5. The van der Waals surface area contributed by atoms with E-state index in [1.54, 1.807) is 6.20 Å². The summed E-state index contributed by atoms with van der Waals surface area (Å²) in [6.07, 6.45) is -2.00. The third-order valence-corrected chi connectivity index (χ3v) is 4.11. The van der Waals surface area contributed by atoms with Crippen molar-refractivity contribution < 1.29 is 13.2 Å². The summed E-state index contributed by atoms with van der Waals surface area (Å²) in [5.74, 6) is 0.454. The summed E-state index contributed by atoms with van der Waals surface area (Å²) in [4.78, 5) is 12.1. The lowest BCUT2D eigenvalue weighted by Gasteiger charge is -2.08. The smallest absolute Gasteiger partial charge is 0.354 e. The maximum Gasteiger partial charge on any atom is 0.417 e. The molecular weight excluding hydrogens is 369 g/mol. The highest BCUT2D eigenvalue weighted by atomic mass is 79.9. The summed E-state index contributed by atoms with van der Waals surface area (Å²) < 4.78 is 38.0. The number of hydrogen-bond acceptors (Lipinski definition) is 5. The quantitative estimate of drug-likeness (QED) is 0.806. The maximum atomic E-state index is 12.5. The van der Waals surface area contributed by atoms with E-state index in [0.29, 0.717) is 27.0 Å². The first-order chi connectivity index (χ1) is 9.90. The minimum Gasteiger partial charge on any atom is -0.354 e. The second kappa shape index (κ2) is 6.61. The van der Waals surface area contributed by atoms with Gasteiger partial charge in [-0.05, 0) is 46.7 Å². The number of hydrogen-bond donors (Lipinski definition) is 1. The molecule has 1 N–H and O–H groups in total. The van der Waals surface area contributed by atoms with Gasteiger partial charge in [0, 0.05) is 18.9 Å². The fourth-order valence-electron chi connectivity index (χ4n) is 1.37. The van der Waals surface area contributed by atoms with E-state index in [9.17, 15) is 13.2 Å². The second-order valence-electron chi connectivity index (χ2n) is 3.86. The molecule has 0 saturated heterocycles. The van der Waals surface area contributed by atoms with Gasteiger partial charge < -0.3 is 5.32 Å². The van der Waals surface area contributed by atoms with Crippen LogP contribution < -0.4 is 5.32 Å². The Morgan fingerprint density at radius 1 is 1.24 bits per heavy atom.